The number of aromatic nitrogens is 1. The maximum Gasteiger partial charge on any atom is 0.251 e. The van der Waals surface area contributed by atoms with Crippen LogP contribution in [0.15, 0.2) is 46.9 Å². The van der Waals surface area contributed by atoms with Crippen molar-refractivity contribution < 1.29 is 9.21 Å². The van der Waals surface area contributed by atoms with E-state index in [9.17, 15) is 4.79 Å². The lowest BCUT2D eigenvalue weighted by Crippen LogP contribution is -2.22. The minimum absolute atomic E-state index is 0.0763. The van der Waals surface area contributed by atoms with Crippen LogP contribution < -0.4 is 5.32 Å². The van der Waals surface area contributed by atoms with Crippen LogP contribution in [-0.4, -0.2) is 10.9 Å². The molecule has 106 valence electrons. The largest absolute Gasteiger partial charge is 0.441 e. The molecule has 1 aromatic heterocycles. The molecule has 4 heteroatoms. The Morgan fingerprint density at radius 2 is 2.05 bits per heavy atom. The smallest absolute Gasteiger partial charge is 0.251 e. The van der Waals surface area contributed by atoms with Gasteiger partial charge >= 0.3 is 0 Å². The zero-order chi connectivity index (χ0) is 14.8. The fraction of sp³-hybridized carbons (Fsp3) is 0.176. The number of amides is 1. The third kappa shape index (κ3) is 2.94. The number of carbonyl (C=O) groups excluding carboxylic acids is 1. The molecule has 1 N–H and O–H groups in total. The van der Waals surface area contributed by atoms with Crippen LogP contribution in [0.4, 0.5) is 0 Å². The fourth-order valence-electron chi connectivity index (χ4n) is 2.26. The van der Waals surface area contributed by atoms with Gasteiger partial charge in [0.1, 0.15) is 5.52 Å². The van der Waals surface area contributed by atoms with Gasteiger partial charge in [-0.1, -0.05) is 23.8 Å². The number of nitrogens with one attached hydrogen (secondary N) is 1. The molecule has 0 unspecified atom stereocenters. The van der Waals surface area contributed by atoms with Crippen LogP contribution in [-0.2, 0) is 6.54 Å². The van der Waals surface area contributed by atoms with Crippen LogP contribution in [0, 0.1) is 13.8 Å². The number of aryl methyl sites for hydroxylation is 2. The van der Waals surface area contributed by atoms with Crippen molar-refractivity contribution in [3.8, 4) is 0 Å². The van der Waals surface area contributed by atoms with Crippen molar-refractivity contribution in [2.45, 2.75) is 20.4 Å². The average molecular weight is 280 g/mol. The van der Waals surface area contributed by atoms with E-state index in [1.54, 1.807) is 0 Å². The number of oxazole rings is 1. The SMILES string of the molecule is Cc1cccc(C(=O)NCc2ccc3nc(C)oc3c2)c1. The third-order valence-electron chi connectivity index (χ3n) is 3.29. The first-order valence-corrected chi connectivity index (χ1v) is 6.83. The van der Waals surface area contributed by atoms with Crippen molar-refractivity contribution in [3.63, 3.8) is 0 Å². The predicted molar refractivity (Wildman–Crippen MR) is 81.1 cm³/mol. The number of hydrogen-bond acceptors (Lipinski definition) is 3. The Kier molecular flexibility index (Phi) is 3.44. The molecule has 0 aliphatic carbocycles. The Balaban J connectivity index is 1.72. The second-order valence-electron chi connectivity index (χ2n) is 5.09. The van der Waals surface area contributed by atoms with Crippen molar-refractivity contribution in [2.24, 2.45) is 0 Å². The van der Waals surface area contributed by atoms with Gasteiger partial charge in [-0.3, -0.25) is 4.79 Å². The van der Waals surface area contributed by atoms with E-state index in [4.69, 9.17) is 4.42 Å². The van der Waals surface area contributed by atoms with Crippen LogP contribution in [0.25, 0.3) is 11.1 Å². The molecule has 21 heavy (non-hydrogen) atoms. The van der Waals surface area contributed by atoms with Gasteiger partial charge in [-0.15, -0.1) is 0 Å². The van der Waals surface area contributed by atoms with E-state index < -0.39 is 0 Å². The van der Waals surface area contributed by atoms with Crippen LogP contribution in [0.2, 0.25) is 0 Å². The van der Waals surface area contributed by atoms with Crippen LogP contribution in [0.1, 0.15) is 27.4 Å². The monoisotopic (exact) mass is 280 g/mol. The van der Waals surface area contributed by atoms with Crippen molar-refractivity contribution in [2.75, 3.05) is 0 Å². The number of fused-ring (bicyclic) bond motifs is 1. The second-order valence-corrected chi connectivity index (χ2v) is 5.09. The lowest BCUT2D eigenvalue weighted by atomic mass is 10.1. The molecule has 0 aliphatic rings. The Bertz CT molecular complexity index is 805. The van der Waals surface area contributed by atoms with Gasteiger partial charge in [-0.05, 0) is 36.8 Å². The molecule has 3 rings (SSSR count). The maximum atomic E-state index is 12.1. The predicted octanol–water partition coefficient (Wildman–Crippen LogP) is 3.37. The molecule has 3 aromatic rings. The van der Waals surface area contributed by atoms with Gasteiger partial charge < -0.3 is 9.73 Å². The lowest BCUT2D eigenvalue weighted by Gasteiger charge is -2.06. The highest BCUT2D eigenvalue weighted by Crippen LogP contribution is 2.16. The molecule has 0 spiro atoms. The summed E-state index contributed by atoms with van der Waals surface area (Å²) >= 11 is 0. The molecular formula is C17H16N2O2. The number of carbonyl (C=O) groups is 1. The summed E-state index contributed by atoms with van der Waals surface area (Å²) in [4.78, 5) is 16.3. The van der Waals surface area contributed by atoms with E-state index in [2.05, 4.69) is 10.3 Å². The Labute approximate surface area is 122 Å². The van der Waals surface area contributed by atoms with Gasteiger partial charge in [-0.25, -0.2) is 4.98 Å². The van der Waals surface area contributed by atoms with Crippen molar-refractivity contribution >= 4 is 17.0 Å². The highest BCUT2D eigenvalue weighted by Gasteiger charge is 2.07. The molecule has 4 nitrogen and oxygen atoms in total. The first-order chi connectivity index (χ1) is 10.1. The van der Waals surface area contributed by atoms with E-state index in [1.807, 2.05) is 56.3 Å². The van der Waals surface area contributed by atoms with E-state index in [-0.39, 0.29) is 5.91 Å². The minimum Gasteiger partial charge on any atom is -0.441 e. The third-order valence-corrected chi connectivity index (χ3v) is 3.29. The molecule has 2 aromatic carbocycles. The van der Waals surface area contributed by atoms with Gasteiger partial charge in [0.15, 0.2) is 11.5 Å². The van der Waals surface area contributed by atoms with Gasteiger partial charge in [0.25, 0.3) is 5.91 Å². The topological polar surface area (TPSA) is 55.1 Å². The summed E-state index contributed by atoms with van der Waals surface area (Å²) in [6, 6.07) is 13.3. The lowest BCUT2D eigenvalue weighted by molar-refractivity contribution is 0.0951. The summed E-state index contributed by atoms with van der Waals surface area (Å²) in [7, 11) is 0. The molecule has 0 atom stereocenters. The zero-order valence-electron chi connectivity index (χ0n) is 12.0. The molecule has 0 saturated carbocycles. The summed E-state index contributed by atoms with van der Waals surface area (Å²) in [5, 5.41) is 2.91. The van der Waals surface area contributed by atoms with Crippen LogP contribution in [0.5, 0.6) is 0 Å². The molecule has 0 saturated heterocycles. The molecule has 0 fully saturated rings. The quantitative estimate of drug-likeness (QED) is 0.800. The average Bonchev–Trinajstić information content (AvgIpc) is 2.84. The highest BCUT2D eigenvalue weighted by molar-refractivity contribution is 5.94. The molecule has 0 bridgehead atoms. The van der Waals surface area contributed by atoms with E-state index in [0.717, 1.165) is 22.2 Å². The zero-order valence-corrected chi connectivity index (χ0v) is 12.0. The minimum atomic E-state index is -0.0763. The number of benzene rings is 2. The summed E-state index contributed by atoms with van der Waals surface area (Å²) in [5.41, 5.74) is 4.31. The number of rotatable bonds is 3. The number of hydrogen-bond donors (Lipinski definition) is 1. The Morgan fingerprint density at radius 3 is 2.86 bits per heavy atom. The van der Waals surface area contributed by atoms with Gasteiger partial charge in [0.2, 0.25) is 0 Å². The first kappa shape index (κ1) is 13.4. The van der Waals surface area contributed by atoms with Crippen molar-refractivity contribution in [1.29, 1.82) is 0 Å². The summed E-state index contributed by atoms with van der Waals surface area (Å²) in [6.45, 7) is 4.25. The standard InChI is InChI=1S/C17H16N2O2/c1-11-4-3-5-14(8-11)17(20)18-10-13-6-7-15-16(9-13)21-12(2)19-15/h3-9H,10H2,1-2H3,(H,18,20). The van der Waals surface area contributed by atoms with Gasteiger partial charge in [0.05, 0.1) is 0 Å². The van der Waals surface area contributed by atoms with E-state index in [1.165, 1.54) is 0 Å². The Hall–Kier alpha value is -2.62. The normalized spacial score (nSPS) is 10.8. The summed E-state index contributed by atoms with van der Waals surface area (Å²) in [5.74, 6) is 0.568. The number of nitrogens with zero attached hydrogens (tertiary/aromatic N) is 1. The van der Waals surface area contributed by atoms with Gasteiger partial charge in [-0.2, -0.15) is 0 Å². The Morgan fingerprint density at radius 1 is 1.19 bits per heavy atom. The first-order valence-electron chi connectivity index (χ1n) is 6.83. The highest BCUT2D eigenvalue weighted by atomic mass is 16.3. The van der Waals surface area contributed by atoms with Gasteiger partial charge in [0, 0.05) is 19.0 Å². The van der Waals surface area contributed by atoms with E-state index in [0.29, 0.717) is 18.0 Å². The van der Waals surface area contributed by atoms with Crippen LogP contribution >= 0.6 is 0 Å². The fourth-order valence-corrected chi connectivity index (χ4v) is 2.26. The molecule has 1 amide bonds. The van der Waals surface area contributed by atoms with Crippen LogP contribution in [0.3, 0.4) is 0 Å². The molecule has 1 heterocycles. The molecule has 0 aliphatic heterocycles. The maximum absolute atomic E-state index is 12.1. The second kappa shape index (κ2) is 5.40. The summed E-state index contributed by atoms with van der Waals surface area (Å²) in [6.07, 6.45) is 0. The molecule has 0 radical (unpaired) electrons. The van der Waals surface area contributed by atoms with E-state index >= 15 is 0 Å². The summed E-state index contributed by atoms with van der Waals surface area (Å²) < 4.78 is 5.49. The van der Waals surface area contributed by atoms with Crippen molar-refractivity contribution in [1.82, 2.24) is 10.3 Å². The molecular weight excluding hydrogens is 264 g/mol. The van der Waals surface area contributed by atoms with Crippen molar-refractivity contribution in [3.05, 3.63) is 65.0 Å².